The van der Waals surface area contributed by atoms with Crippen LogP contribution in [-0.2, 0) is 6.61 Å². The highest BCUT2D eigenvalue weighted by atomic mass is 35.5. The van der Waals surface area contributed by atoms with Crippen LogP contribution in [0.3, 0.4) is 0 Å². The second-order valence-corrected chi connectivity index (χ2v) is 7.19. The third-order valence-electron chi connectivity index (χ3n) is 4.47. The minimum absolute atomic E-state index is 0.357. The van der Waals surface area contributed by atoms with E-state index in [2.05, 4.69) is 10.5 Å². The monoisotopic (exact) mass is 438 g/mol. The molecule has 0 radical (unpaired) electrons. The van der Waals surface area contributed by atoms with Gasteiger partial charge in [-0.05, 0) is 42.8 Å². The van der Waals surface area contributed by atoms with Crippen molar-refractivity contribution >= 4 is 23.7 Å². The summed E-state index contributed by atoms with van der Waals surface area (Å²) >= 11 is 6.12. The van der Waals surface area contributed by atoms with E-state index in [1.54, 1.807) is 36.4 Å². The van der Waals surface area contributed by atoms with Crippen LogP contribution in [0.2, 0.25) is 5.02 Å². The number of methoxy groups -OCH3 is 2. The lowest BCUT2D eigenvalue weighted by molar-refractivity contribution is 0.0954. The van der Waals surface area contributed by atoms with Gasteiger partial charge >= 0.3 is 0 Å². The fourth-order valence-electron chi connectivity index (χ4n) is 2.76. The summed E-state index contributed by atoms with van der Waals surface area (Å²) in [6, 6.07) is 18.2. The van der Waals surface area contributed by atoms with E-state index in [-0.39, 0.29) is 0 Å². The lowest BCUT2D eigenvalue weighted by atomic mass is 10.1. The third kappa shape index (κ3) is 6.23. The summed E-state index contributed by atoms with van der Waals surface area (Å²) in [4.78, 5) is 12.5. The SMILES string of the molecule is COc1cc(OC)cc(C(=O)N/N=C\c2cc(Cl)ccc2OCc2ccc(C)cc2)c1. The molecule has 1 amide bonds. The second-order valence-electron chi connectivity index (χ2n) is 6.76. The van der Waals surface area contributed by atoms with Crippen LogP contribution in [0.5, 0.6) is 17.2 Å². The van der Waals surface area contributed by atoms with E-state index in [4.69, 9.17) is 25.8 Å². The van der Waals surface area contributed by atoms with Gasteiger partial charge in [-0.3, -0.25) is 4.79 Å². The van der Waals surface area contributed by atoms with Crippen molar-refractivity contribution in [3.05, 3.63) is 87.9 Å². The maximum Gasteiger partial charge on any atom is 0.271 e. The molecule has 31 heavy (non-hydrogen) atoms. The van der Waals surface area contributed by atoms with Gasteiger partial charge in [0.2, 0.25) is 0 Å². The number of benzene rings is 3. The molecule has 0 fully saturated rings. The van der Waals surface area contributed by atoms with Gasteiger partial charge in [0.15, 0.2) is 0 Å². The zero-order valence-corrected chi connectivity index (χ0v) is 18.3. The van der Waals surface area contributed by atoms with Crippen molar-refractivity contribution in [1.82, 2.24) is 5.43 Å². The number of nitrogens with zero attached hydrogens (tertiary/aromatic N) is 1. The molecule has 3 aromatic rings. The number of nitrogens with one attached hydrogen (secondary N) is 1. The molecule has 0 saturated heterocycles. The van der Waals surface area contributed by atoms with E-state index in [1.165, 1.54) is 26.0 Å². The predicted molar refractivity (Wildman–Crippen MR) is 122 cm³/mol. The van der Waals surface area contributed by atoms with E-state index in [9.17, 15) is 4.79 Å². The van der Waals surface area contributed by atoms with Crippen molar-refractivity contribution in [2.75, 3.05) is 14.2 Å². The topological polar surface area (TPSA) is 69.2 Å². The van der Waals surface area contributed by atoms with Crippen LogP contribution >= 0.6 is 11.6 Å². The van der Waals surface area contributed by atoms with Crippen LogP contribution in [0.4, 0.5) is 0 Å². The molecule has 0 aliphatic rings. The normalized spacial score (nSPS) is 10.7. The summed E-state index contributed by atoms with van der Waals surface area (Å²) in [7, 11) is 3.04. The van der Waals surface area contributed by atoms with Crippen LogP contribution in [0.25, 0.3) is 0 Å². The lowest BCUT2D eigenvalue weighted by Gasteiger charge is -2.10. The average Bonchev–Trinajstić information content (AvgIpc) is 2.79. The summed E-state index contributed by atoms with van der Waals surface area (Å²) in [5.74, 6) is 1.22. The van der Waals surface area contributed by atoms with E-state index < -0.39 is 5.91 Å². The molecule has 0 saturated carbocycles. The molecule has 3 aromatic carbocycles. The van der Waals surface area contributed by atoms with Gasteiger partial charge in [-0.1, -0.05) is 41.4 Å². The van der Waals surface area contributed by atoms with Gasteiger partial charge in [0, 0.05) is 22.2 Å². The van der Waals surface area contributed by atoms with Gasteiger partial charge in [-0.15, -0.1) is 0 Å². The highest BCUT2D eigenvalue weighted by molar-refractivity contribution is 6.30. The maximum atomic E-state index is 12.5. The smallest absolute Gasteiger partial charge is 0.271 e. The highest BCUT2D eigenvalue weighted by Gasteiger charge is 2.10. The minimum atomic E-state index is -0.405. The molecular weight excluding hydrogens is 416 g/mol. The number of carbonyl (C=O) groups is 1. The zero-order chi connectivity index (χ0) is 22.2. The maximum absolute atomic E-state index is 12.5. The second kappa shape index (κ2) is 10.5. The van der Waals surface area contributed by atoms with Crippen molar-refractivity contribution in [1.29, 1.82) is 0 Å². The van der Waals surface area contributed by atoms with E-state index in [1.807, 2.05) is 31.2 Å². The summed E-state index contributed by atoms with van der Waals surface area (Å²) < 4.78 is 16.3. The van der Waals surface area contributed by atoms with Crippen LogP contribution < -0.4 is 19.6 Å². The van der Waals surface area contributed by atoms with Crippen molar-refractivity contribution in [3.8, 4) is 17.2 Å². The molecule has 6 nitrogen and oxygen atoms in total. The Bertz CT molecular complexity index is 1060. The Morgan fingerprint density at radius 1 is 1.00 bits per heavy atom. The summed E-state index contributed by atoms with van der Waals surface area (Å²) in [6.45, 7) is 2.44. The van der Waals surface area contributed by atoms with Gasteiger partial charge in [0.1, 0.15) is 23.9 Å². The molecule has 0 aliphatic carbocycles. The summed E-state index contributed by atoms with van der Waals surface area (Å²) in [5, 5.41) is 4.59. The Balaban J connectivity index is 1.70. The molecule has 0 unspecified atom stereocenters. The largest absolute Gasteiger partial charge is 0.497 e. The van der Waals surface area contributed by atoms with Gasteiger partial charge in [0.25, 0.3) is 5.91 Å². The number of ether oxygens (including phenoxy) is 3. The Kier molecular flexibility index (Phi) is 7.51. The first-order chi connectivity index (χ1) is 15.0. The van der Waals surface area contributed by atoms with Crippen LogP contribution in [-0.4, -0.2) is 26.3 Å². The van der Waals surface area contributed by atoms with Crippen molar-refractivity contribution in [3.63, 3.8) is 0 Å². The number of halogens is 1. The van der Waals surface area contributed by atoms with Crippen LogP contribution in [0, 0.1) is 6.92 Å². The Morgan fingerprint density at radius 2 is 1.68 bits per heavy atom. The number of hydrazone groups is 1. The van der Waals surface area contributed by atoms with E-state index in [0.29, 0.717) is 40.0 Å². The van der Waals surface area contributed by atoms with E-state index in [0.717, 1.165) is 5.56 Å². The summed E-state index contributed by atoms with van der Waals surface area (Å²) in [5.41, 5.74) is 5.73. The van der Waals surface area contributed by atoms with Crippen LogP contribution in [0.1, 0.15) is 27.0 Å². The van der Waals surface area contributed by atoms with E-state index >= 15 is 0 Å². The molecule has 0 aromatic heterocycles. The van der Waals surface area contributed by atoms with Gasteiger partial charge in [-0.2, -0.15) is 5.10 Å². The molecule has 0 aliphatic heterocycles. The molecule has 0 bridgehead atoms. The Hall–Kier alpha value is -3.51. The molecule has 0 spiro atoms. The molecule has 1 N–H and O–H groups in total. The highest BCUT2D eigenvalue weighted by Crippen LogP contribution is 2.24. The zero-order valence-electron chi connectivity index (χ0n) is 17.5. The van der Waals surface area contributed by atoms with Crippen molar-refractivity contribution in [2.45, 2.75) is 13.5 Å². The van der Waals surface area contributed by atoms with Crippen LogP contribution in [0.15, 0.2) is 65.8 Å². The standard InChI is InChI=1S/C24H23ClN2O4/c1-16-4-6-17(7-5-16)15-31-23-9-8-20(25)10-19(23)14-26-27-24(28)18-11-21(29-2)13-22(12-18)30-3/h4-14H,15H2,1-3H3,(H,27,28)/b26-14-. The fourth-order valence-corrected chi connectivity index (χ4v) is 2.94. The fraction of sp³-hybridized carbons (Fsp3) is 0.167. The molecular formula is C24H23ClN2O4. The third-order valence-corrected chi connectivity index (χ3v) is 4.71. The van der Waals surface area contributed by atoms with Crippen molar-refractivity contribution < 1.29 is 19.0 Å². The molecule has 0 atom stereocenters. The Labute approximate surface area is 186 Å². The number of hydrogen-bond acceptors (Lipinski definition) is 5. The van der Waals surface area contributed by atoms with Gasteiger partial charge in [-0.25, -0.2) is 5.43 Å². The average molecular weight is 439 g/mol. The quantitative estimate of drug-likeness (QED) is 0.396. The first kappa shape index (κ1) is 22.2. The molecule has 7 heteroatoms. The molecule has 160 valence electrons. The van der Waals surface area contributed by atoms with Gasteiger partial charge < -0.3 is 14.2 Å². The minimum Gasteiger partial charge on any atom is -0.497 e. The van der Waals surface area contributed by atoms with Gasteiger partial charge in [0.05, 0.1) is 20.4 Å². The number of hydrogen-bond donors (Lipinski definition) is 1. The summed E-state index contributed by atoms with van der Waals surface area (Å²) in [6.07, 6.45) is 1.49. The Morgan fingerprint density at radius 3 is 2.32 bits per heavy atom. The lowest BCUT2D eigenvalue weighted by Crippen LogP contribution is -2.17. The predicted octanol–water partition coefficient (Wildman–Crippen LogP) is 5.01. The molecule has 3 rings (SSSR count). The number of rotatable bonds is 8. The number of amides is 1. The first-order valence-electron chi connectivity index (χ1n) is 9.53. The van der Waals surface area contributed by atoms with Crippen molar-refractivity contribution in [2.24, 2.45) is 5.10 Å². The molecule has 0 heterocycles. The number of carbonyl (C=O) groups excluding carboxylic acids is 1. The number of aryl methyl sites for hydroxylation is 1. The first-order valence-corrected chi connectivity index (χ1v) is 9.90.